The number of piperazine rings is 1. The highest BCUT2D eigenvalue weighted by Crippen LogP contribution is 2.23. The van der Waals surface area contributed by atoms with Gasteiger partial charge in [-0.2, -0.15) is 0 Å². The van der Waals surface area contributed by atoms with Gasteiger partial charge in [-0.15, -0.1) is 11.3 Å². The van der Waals surface area contributed by atoms with Crippen molar-refractivity contribution in [3.05, 3.63) is 52.0 Å². The molecule has 0 bridgehead atoms. The molecule has 35 heavy (non-hydrogen) atoms. The van der Waals surface area contributed by atoms with Crippen LogP contribution in [0.25, 0.3) is 6.08 Å². The van der Waals surface area contributed by atoms with Gasteiger partial charge in [-0.25, -0.2) is 4.98 Å². The van der Waals surface area contributed by atoms with Crippen LogP contribution in [0.3, 0.4) is 0 Å². The average molecular weight is 497 g/mol. The normalized spacial score (nSPS) is 17.8. The summed E-state index contributed by atoms with van der Waals surface area (Å²) in [6.45, 7) is 10.7. The Labute approximate surface area is 212 Å². The summed E-state index contributed by atoms with van der Waals surface area (Å²) in [4.78, 5) is 36.1. The van der Waals surface area contributed by atoms with Crippen molar-refractivity contribution in [1.29, 1.82) is 0 Å². The zero-order chi connectivity index (χ0) is 24.6. The Kier molecular flexibility index (Phi) is 8.93. The van der Waals surface area contributed by atoms with Gasteiger partial charge in [-0.3, -0.25) is 9.59 Å². The topological polar surface area (TPSA) is 66.0 Å². The lowest BCUT2D eigenvalue weighted by Crippen LogP contribution is -2.49. The Morgan fingerprint density at radius 2 is 1.89 bits per heavy atom. The van der Waals surface area contributed by atoms with Gasteiger partial charge in [-0.1, -0.05) is 19.1 Å². The molecule has 0 atom stereocenters. The second-order valence-corrected chi connectivity index (χ2v) is 10.4. The molecule has 2 aromatic rings. The fourth-order valence-corrected chi connectivity index (χ4v) is 5.26. The number of benzene rings is 1. The van der Waals surface area contributed by atoms with Gasteiger partial charge in [0.05, 0.1) is 10.7 Å². The molecule has 0 unspecified atom stereocenters. The van der Waals surface area contributed by atoms with Crippen LogP contribution in [0.1, 0.15) is 42.5 Å². The van der Waals surface area contributed by atoms with Gasteiger partial charge in [-0.05, 0) is 56.0 Å². The first-order valence-corrected chi connectivity index (χ1v) is 13.5. The zero-order valence-electron chi connectivity index (χ0n) is 20.8. The van der Waals surface area contributed by atoms with Crippen LogP contribution < -0.4 is 4.74 Å². The predicted molar refractivity (Wildman–Crippen MR) is 139 cm³/mol. The molecule has 0 N–H and O–H groups in total. The Bertz CT molecular complexity index is 1020. The van der Waals surface area contributed by atoms with Crippen molar-refractivity contribution in [3.63, 3.8) is 0 Å². The van der Waals surface area contributed by atoms with Gasteiger partial charge in [0.1, 0.15) is 12.4 Å². The SMILES string of the molecule is CCN1CCN(C(=O)CC2CCN(C(=O)/C=C/c3cccc(OCc4csc(C)n4)c3)CC2)CC1. The molecular weight excluding hydrogens is 460 g/mol. The smallest absolute Gasteiger partial charge is 0.246 e. The number of amides is 2. The zero-order valence-corrected chi connectivity index (χ0v) is 21.6. The van der Waals surface area contributed by atoms with E-state index in [0.29, 0.717) is 32.0 Å². The highest BCUT2D eigenvalue weighted by Gasteiger charge is 2.26. The standard InChI is InChI=1S/C27H36N4O3S/c1-3-29-13-15-31(16-14-29)27(33)18-23-9-11-30(12-10-23)26(32)8-7-22-5-4-6-25(17-22)34-19-24-20-35-21(2)28-24/h4-8,17,20,23H,3,9-16,18-19H2,1-2H3/b8-7+. The van der Waals surface area contributed by atoms with Crippen molar-refractivity contribution in [3.8, 4) is 5.75 Å². The second-order valence-electron chi connectivity index (χ2n) is 9.34. The lowest BCUT2D eigenvalue weighted by Gasteiger charge is -2.36. The molecule has 2 saturated heterocycles. The summed E-state index contributed by atoms with van der Waals surface area (Å²) in [5.74, 6) is 1.43. The third kappa shape index (κ3) is 7.39. The van der Waals surface area contributed by atoms with Gasteiger partial charge in [0, 0.05) is 57.1 Å². The molecule has 0 aliphatic carbocycles. The molecule has 0 radical (unpaired) electrons. The summed E-state index contributed by atoms with van der Waals surface area (Å²) in [6, 6.07) is 7.73. The molecule has 0 saturated carbocycles. The van der Waals surface area contributed by atoms with Crippen LogP contribution in [0.15, 0.2) is 35.7 Å². The number of thiazole rings is 1. The third-order valence-corrected chi connectivity index (χ3v) is 7.71. The number of hydrogen-bond donors (Lipinski definition) is 0. The van der Waals surface area contributed by atoms with E-state index >= 15 is 0 Å². The number of nitrogens with zero attached hydrogens (tertiary/aromatic N) is 4. The number of carbonyl (C=O) groups excluding carboxylic acids is 2. The maximum atomic E-state index is 12.7. The summed E-state index contributed by atoms with van der Waals surface area (Å²) in [6.07, 6.45) is 5.87. The van der Waals surface area contributed by atoms with Crippen LogP contribution in [0, 0.1) is 12.8 Å². The summed E-state index contributed by atoms with van der Waals surface area (Å²) < 4.78 is 5.85. The van der Waals surface area contributed by atoms with Gasteiger partial charge in [0.2, 0.25) is 11.8 Å². The number of hydrogen-bond acceptors (Lipinski definition) is 6. The van der Waals surface area contributed by atoms with Crippen molar-refractivity contribution in [2.45, 2.75) is 39.7 Å². The Hall–Kier alpha value is -2.71. The van der Waals surface area contributed by atoms with E-state index in [1.54, 1.807) is 17.4 Å². The fraction of sp³-hybridized carbons (Fsp3) is 0.519. The van der Waals surface area contributed by atoms with Crippen LogP contribution in [0.4, 0.5) is 0 Å². The molecule has 0 spiro atoms. The molecule has 188 valence electrons. The van der Waals surface area contributed by atoms with E-state index in [1.807, 2.05) is 52.4 Å². The number of carbonyl (C=O) groups is 2. The van der Waals surface area contributed by atoms with E-state index < -0.39 is 0 Å². The van der Waals surface area contributed by atoms with Gasteiger partial charge in [0.25, 0.3) is 0 Å². The van der Waals surface area contributed by atoms with Crippen LogP contribution >= 0.6 is 11.3 Å². The van der Waals surface area contributed by atoms with Gasteiger partial charge >= 0.3 is 0 Å². The highest BCUT2D eigenvalue weighted by molar-refractivity contribution is 7.09. The molecule has 2 aliphatic rings. The first kappa shape index (κ1) is 25.4. The van der Waals surface area contributed by atoms with Crippen molar-refractivity contribution < 1.29 is 14.3 Å². The van der Waals surface area contributed by atoms with Crippen LogP contribution in [-0.4, -0.2) is 77.3 Å². The molecular formula is C27H36N4O3S. The van der Waals surface area contributed by atoms with E-state index in [1.165, 1.54) is 0 Å². The minimum absolute atomic E-state index is 0.0229. The van der Waals surface area contributed by atoms with E-state index in [9.17, 15) is 9.59 Å². The molecule has 8 heteroatoms. The quantitative estimate of drug-likeness (QED) is 0.520. The Morgan fingerprint density at radius 1 is 1.11 bits per heavy atom. The molecule has 2 amide bonds. The number of piperidine rings is 1. The number of aromatic nitrogens is 1. The van der Waals surface area contributed by atoms with Crippen LogP contribution in [0.2, 0.25) is 0 Å². The van der Waals surface area contributed by atoms with Crippen molar-refractivity contribution in [1.82, 2.24) is 19.7 Å². The summed E-state index contributed by atoms with van der Waals surface area (Å²) >= 11 is 1.61. The predicted octanol–water partition coefficient (Wildman–Crippen LogP) is 3.84. The minimum Gasteiger partial charge on any atom is -0.487 e. The van der Waals surface area contributed by atoms with Gasteiger partial charge in [0.15, 0.2) is 0 Å². The number of aryl methyl sites for hydroxylation is 1. The summed E-state index contributed by atoms with van der Waals surface area (Å²) in [7, 11) is 0. The number of ether oxygens (including phenoxy) is 1. The minimum atomic E-state index is 0.0229. The number of likely N-dealkylation sites (N-methyl/N-ethyl adjacent to an activating group) is 1. The third-order valence-electron chi connectivity index (χ3n) is 6.89. The Balaban J connectivity index is 1.20. The lowest BCUT2D eigenvalue weighted by molar-refractivity contribution is -0.134. The average Bonchev–Trinajstić information content (AvgIpc) is 3.31. The van der Waals surface area contributed by atoms with E-state index in [2.05, 4.69) is 16.8 Å². The van der Waals surface area contributed by atoms with Crippen molar-refractivity contribution in [2.75, 3.05) is 45.8 Å². The lowest BCUT2D eigenvalue weighted by atomic mass is 9.92. The highest BCUT2D eigenvalue weighted by atomic mass is 32.1. The maximum absolute atomic E-state index is 12.7. The second kappa shape index (κ2) is 12.3. The molecule has 2 fully saturated rings. The van der Waals surface area contributed by atoms with E-state index in [0.717, 1.165) is 67.6 Å². The molecule has 4 rings (SSSR count). The number of likely N-dealkylation sites (tertiary alicyclic amines) is 1. The Morgan fingerprint density at radius 3 is 2.57 bits per heavy atom. The molecule has 1 aromatic carbocycles. The van der Waals surface area contributed by atoms with Crippen LogP contribution in [-0.2, 0) is 16.2 Å². The first-order valence-electron chi connectivity index (χ1n) is 12.6. The monoisotopic (exact) mass is 496 g/mol. The van der Waals surface area contributed by atoms with E-state index in [-0.39, 0.29) is 11.8 Å². The maximum Gasteiger partial charge on any atom is 0.246 e. The van der Waals surface area contributed by atoms with Crippen LogP contribution in [0.5, 0.6) is 5.75 Å². The van der Waals surface area contributed by atoms with Crippen molar-refractivity contribution >= 4 is 29.2 Å². The van der Waals surface area contributed by atoms with Gasteiger partial charge < -0.3 is 19.4 Å². The largest absolute Gasteiger partial charge is 0.487 e. The molecule has 7 nitrogen and oxygen atoms in total. The van der Waals surface area contributed by atoms with E-state index in [4.69, 9.17) is 4.74 Å². The summed E-state index contributed by atoms with van der Waals surface area (Å²) in [5.41, 5.74) is 1.85. The first-order chi connectivity index (χ1) is 17.0. The number of rotatable bonds is 8. The molecule has 2 aliphatic heterocycles. The summed E-state index contributed by atoms with van der Waals surface area (Å²) in [5, 5.41) is 3.03. The fourth-order valence-electron chi connectivity index (χ4n) is 4.66. The van der Waals surface area contributed by atoms with Crippen molar-refractivity contribution in [2.24, 2.45) is 5.92 Å². The molecule has 1 aromatic heterocycles. The molecule has 3 heterocycles.